The fraction of sp³-hybridized carbons (Fsp3) is 0.368. The van der Waals surface area contributed by atoms with Crippen LogP contribution in [-0.2, 0) is 4.79 Å². The highest BCUT2D eigenvalue weighted by Crippen LogP contribution is 2.23. The Morgan fingerprint density at radius 3 is 2.38 bits per heavy atom. The number of furan rings is 1. The summed E-state index contributed by atoms with van der Waals surface area (Å²) in [5, 5.41) is 2.65. The van der Waals surface area contributed by atoms with Gasteiger partial charge in [0.1, 0.15) is 11.5 Å². The number of hydrogen-bond donors (Lipinski definition) is 2. The molecule has 1 aromatic heterocycles. The smallest absolute Gasteiger partial charge is 0.469 e. The number of halogens is 3. The predicted molar refractivity (Wildman–Crippen MR) is 96.7 cm³/mol. The fourth-order valence-corrected chi connectivity index (χ4v) is 3.15. The average molecular weight is 412 g/mol. The Morgan fingerprint density at radius 2 is 1.83 bits per heavy atom. The van der Waals surface area contributed by atoms with Gasteiger partial charge in [-0.15, -0.1) is 13.2 Å². The number of nitrogens with zero attached hydrogens (tertiary/aromatic N) is 1. The van der Waals surface area contributed by atoms with E-state index in [2.05, 4.69) is 10.1 Å². The molecule has 0 saturated carbocycles. The zero-order chi connectivity index (χ0) is 21.0. The van der Waals surface area contributed by atoms with E-state index in [1.54, 1.807) is 17.9 Å². The van der Waals surface area contributed by atoms with Gasteiger partial charge in [-0.2, -0.15) is 0 Å². The summed E-state index contributed by atoms with van der Waals surface area (Å²) < 4.78 is 45.5. The monoisotopic (exact) mass is 412 g/mol. The Labute approximate surface area is 165 Å². The largest absolute Gasteiger partial charge is 0.573 e. The molecule has 0 aliphatic carbocycles. The number of rotatable bonds is 5. The maximum Gasteiger partial charge on any atom is 0.573 e. The van der Waals surface area contributed by atoms with Gasteiger partial charge in [-0.05, 0) is 37.3 Å². The van der Waals surface area contributed by atoms with Crippen molar-refractivity contribution >= 4 is 17.5 Å². The van der Waals surface area contributed by atoms with E-state index in [1.807, 2.05) is 0 Å². The van der Waals surface area contributed by atoms with Crippen LogP contribution in [-0.4, -0.2) is 55.8 Å². The molecule has 3 rings (SSSR count). The Morgan fingerprint density at radius 1 is 1.17 bits per heavy atom. The molecular formula is C19H21F3N3O4+. The van der Waals surface area contributed by atoms with E-state index < -0.39 is 6.36 Å². The first-order valence-corrected chi connectivity index (χ1v) is 9.04. The number of carbonyl (C=O) groups is 2. The van der Waals surface area contributed by atoms with E-state index in [0.717, 1.165) is 17.0 Å². The lowest BCUT2D eigenvalue weighted by molar-refractivity contribution is -0.895. The number of amides is 2. The standard InChI is InChI=1S/C19H20F3N3O4/c1-13-16(6-11-28-13)18(27)25-9-7-24(8-10-25)12-17(26)23-14-2-4-15(5-3-14)29-19(20,21)22/h2-6,11H,7-10,12H2,1H3,(H,23,26)/p+1. The summed E-state index contributed by atoms with van der Waals surface area (Å²) >= 11 is 0. The molecule has 0 unspecified atom stereocenters. The van der Waals surface area contributed by atoms with Crippen molar-refractivity contribution < 1.29 is 36.8 Å². The van der Waals surface area contributed by atoms with E-state index in [9.17, 15) is 22.8 Å². The fourth-order valence-electron chi connectivity index (χ4n) is 3.15. The minimum atomic E-state index is -4.76. The number of anilines is 1. The van der Waals surface area contributed by atoms with Crippen LogP contribution >= 0.6 is 0 Å². The molecule has 156 valence electrons. The summed E-state index contributed by atoms with van der Waals surface area (Å²) in [6, 6.07) is 6.61. The van der Waals surface area contributed by atoms with E-state index in [-0.39, 0.29) is 24.1 Å². The summed E-state index contributed by atoms with van der Waals surface area (Å²) in [5.74, 6) is -0.110. The van der Waals surface area contributed by atoms with Crippen LogP contribution in [0.1, 0.15) is 16.1 Å². The number of piperazine rings is 1. The zero-order valence-electron chi connectivity index (χ0n) is 15.7. The number of aryl methyl sites for hydroxylation is 1. The molecule has 1 aliphatic heterocycles. The molecule has 2 aromatic rings. The van der Waals surface area contributed by atoms with Gasteiger partial charge >= 0.3 is 6.36 Å². The minimum Gasteiger partial charge on any atom is -0.469 e. The van der Waals surface area contributed by atoms with Crippen molar-refractivity contribution in [2.75, 3.05) is 38.0 Å². The summed E-state index contributed by atoms with van der Waals surface area (Å²) in [6.07, 6.45) is -3.27. The molecule has 2 N–H and O–H groups in total. The topological polar surface area (TPSA) is 76.2 Å². The molecule has 10 heteroatoms. The van der Waals surface area contributed by atoms with Crippen molar-refractivity contribution in [2.45, 2.75) is 13.3 Å². The molecule has 1 saturated heterocycles. The van der Waals surface area contributed by atoms with Gasteiger partial charge in [0.25, 0.3) is 11.8 Å². The Kier molecular flexibility index (Phi) is 6.12. The Bertz CT molecular complexity index is 856. The SMILES string of the molecule is Cc1occc1C(=O)N1CC[NH+](CC(=O)Nc2ccc(OC(F)(F)F)cc2)CC1. The number of benzene rings is 1. The van der Waals surface area contributed by atoms with Crippen molar-refractivity contribution in [1.29, 1.82) is 0 Å². The maximum absolute atomic E-state index is 12.5. The molecule has 0 bridgehead atoms. The van der Waals surface area contributed by atoms with Gasteiger partial charge in [0.2, 0.25) is 0 Å². The van der Waals surface area contributed by atoms with Crippen LogP contribution in [0.15, 0.2) is 41.0 Å². The second-order valence-corrected chi connectivity index (χ2v) is 6.73. The Balaban J connectivity index is 1.45. The number of hydrogen-bond acceptors (Lipinski definition) is 4. The number of nitrogens with one attached hydrogen (secondary N) is 2. The molecule has 0 spiro atoms. The number of ether oxygens (including phenoxy) is 1. The van der Waals surface area contributed by atoms with Crippen LogP contribution < -0.4 is 15.0 Å². The molecule has 7 nitrogen and oxygen atoms in total. The highest BCUT2D eigenvalue weighted by atomic mass is 19.4. The molecule has 1 fully saturated rings. The first-order valence-electron chi connectivity index (χ1n) is 9.04. The van der Waals surface area contributed by atoms with Gasteiger partial charge in [-0.3, -0.25) is 9.59 Å². The van der Waals surface area contributed by atoms with E-state index in [0.29, 0.717) is 43.2 Å². The van der Waals surface area contributed by atoms with Crippen molar-refractivity contribution in [3.05, 3.63) is 47.9 Å². The molecule has 1 aliphatic rings. The first-order chi connectivity index (χ1) is 13.7. The lowest BCUT2D eigenvalue weighted by Gasteiger charge is -2.31. The quantitative estimate of drug-likeness (QED) is 0.780. The zero-order valence-corrected chi connectivity index (χ0v) is 15.7. The van der Waals surface area contributed by atoms with Gasteiger partial charge < -0.3 is 24.3 Å². The average Bonchev–Trinajstić information content (AvgIpc) is 3.08. The van der Waals surface area contributed by atoms with Crippen LogP contribution in [0.4, 0.5) is 18.9 Å². The minimum absolute atomic E-state index is 0.0825. The van der Waals surface area contributed by atoms with Crippen LogP contribution in [0, 0.1) is 6.92 Å². The number of carbonyl (C=O) groups excluding carboxylic acids is 2. The van der Waals surface area contributed by atoms with E-state index in [4.69, 9.17) is 4.42 Å². The Hall–Kier alpha value is -3.01. The van der Waals surface area contributed by atoms with E-state index in [1.165, 1.54) is 18.4 Å². The number of quaternary nitrogens is 1. The van der Waals surface area contributed by atoms with Gasteiger partial charge in [0, 0.05) is 5.69 Å². The highest BCUT2D eigenvalue weighted by Gasteiger charge is 2.31. The summed E-state index contributed by atoms with van der Waals surface area (Å²) in [6.45, 7) is 4.22. The van der Waals surface area contributed by atoms with Crippen molar-refractivity contribution in [2.24, 2.45) is 0 Å². The van der Waals surface area contributed by atoms with Crippen molar-refractivity contribution in [1.82, 2.24) is 4.90 Å². The molecule has 2 heterocycles. The van der Waals surface area contributed by atoms with Gasteiger partial charge in [-0.1, -0.05) is 0 Å². The number of alkyl halides is 3. The molecule has 29 heavy (non-hydrogen) atoms. The third-order valence-corrected chi connectivity index (χ3v) is 4.63. The molecular weight excluding hydrogens is 391 g/mol. The second-order valence-electron chi connectivity index (χ2n) is 6.73. The molecule has 0 atom stereocenters. The lowest BCUT2D eigenvalue weighted by atomic mass is 10.2. The lowest BCUT2D eigenvalue weighted by Crippen LogP contribution is -3.15. The van der Waals surface area contributed by atoms with Crippen LogP contribution in [0.3, 0.4) is 0 Å². The summed E-state index contributed by atoms with van der Waals surface area (Å²) in [5.41, 5.74) is 0.928. The summed E-state index contributed by atoms with van der Waals surface area (Å²) in [4.78, 5) is 27.4. The first kappa shape index (κ1) is 20.7. The molecule has 1 aromatic carbocycles. The van der Waals surface area contributed by atoms with Crippen LogP contribution in [0.2, 0.25) is 0 Å². The van der Waals surface area contributed by atoms with Crippen molar-refractivity contribution in [3.63, 3.8) is 0 Å². The normalized spacial score (nSPS) is 15.2. The van der Waals surface area contributed by atoms with Crippen molar-refractivity contribution in [3.8, 4) is 5.75 Å². The predicted octanol–water partition coefficient (Wildman–Crippen LogP) is 1.47. The highest BCUT2D eigenvalue weighted by molar-refractivity contribution is 5.95. The molecule has 2 amide bonds. The summed E-state index contributed by atoms with van der Waals surface area (Å²) in [7, 11) is 0. The third kappa shape index (κ3) is 5.74. The van der Waals surface area contributed by atoms with Gasteiger partial charge in [-0.25, -0.2) is 0 Å². The van der Waals surface area contributed by atoms with E-state index >= 15 is 0 Å². The molecule has 0 radical (unpaired) electrons. The maximum atomic E-state index is 12.5. The van der Waals surface area contributed by atoms with Crippen LogP contribution in [0.5, 0.6) is 5.75 Å². The van der Waals surface area contributed by atoms with Gasteiger partial charge in [0.15, 0.2) is 6.54 Å². The third-order valence-electron chi connectivity index (χ3n) is 4.63. The van der Waals surface area contributed by atoms with Gasteiger partial charge in [0.05, 0.1) is 38.0 Å². The second kappa shape index (κ2) is 8.56. The van der Waals surface area contributed by atoms with Crippen LogP contribution in [0.25, 0.3) is 0 Å².